The Morgan fingerprint density at radius 3 is 2.72 bits per heavy atom. The number of imidazole rings is 1. The van der Waals surface area contributed by atoms with Gasteiger partial charge < -0.3 is 11.1 Å². The van der Waals surface area contributed by atoms with Crippen LogP contribution in [0.4, 0.5) is 11.5 Å². The fourth-order valence-corrected chi connectivity index (χ4v) is 2.71. The second kappa shape index (κ2) is 6.09. The molecule has 122 valence electrons. The number of amides is 1. The van der Waals surface area contributed by atoms with E-state index >= 15 is 0 Å². The number of benzene rings is 2. The number of aromatic nitrogens is 3. The first-order valence-corrected chi connectivity index (χ1v) is 7.77. The Hall–Kier alpha value is -3.67. The summed E-state index contributed by atoms with van der Waals surface area (Å²) in [6.45, 7) is 0. The number of hydrogen-bond acceptors (Lipinski definition) is 4. The van der Waals surface area contributed by atoms with Gasteiger partial charge in [-0.05, 0) is 18.2 Å². The number of primary amides is 1. The van der Waals surface area contributed by atoms with E-state index in [1.807, 2.05) is 47.0 Å². The third-order valence-electron chi connectivity index (χ3n) is 3.89. The average Bonchev–Trinajstić information content (AvgIpc) is 3.01. The Morgan fingerprint density at radius 1 is 1.08 bits per heavy atom. The van der Waals surface area contributed by atoms with Crippen LogP contribution in [0.5, 0.6) is 0 Å². The molecule has 0 aliphatic carbocycles. The molecule has 0 aliphatic rings. The number of nitrogens with one attached hydrogen (secondary N) is 1. The molecule has 2 aromatic carbocycles. The highest BCUT2D eigenvalue weighted by molar-refractivity contribution is 5.94. The maximum Gasteiger partial charge on any atom is 0.248 e. The van der Waals surface area contributed by atoms with Crippen LogP contribution in [-0.4, -0.2) is 20.3 Å². The maximum absolute atomic E-state index is 11.4. The summed E-state index contributed by atoms with van der Waals surface area (Å²) in [6, 6.07) is 17.0. The van der Waals surface area contributed by atoms with E-state index in [0.29, 0.717) is 5.56 Å². The predicted octanol–water partition coefficient (Wildman–Crippen LogP) is 3.24. The Bertz CT molecular complexity index is 1060. The summed E-state index contributed by atoms with van der Waals surface area (Å²) in [5, 5.41) is 3.35. The lowest BCUT2D eigenvalue weighted by atomic mass is 10.1. The fraction of sp³-hybridized carbons (Fsp3) is 0. The first kappa shape index (κ1) is 14.9. The molecule has 0 aliphatic heterocycles. The van der Waals surface area contributed by atoms with E-state index in [0.717, 1.165) is 28.4 Å². The minimum absolute atomic E-state index is 0.446. The number of nitrogens with two attached hydrogens (primary N) is 1. The zero-order valence-corrected chi connectivity index (χ0v) is 13.3. The Balaban J connectivity index is 1.86. The number of hydrogen-bond donors (Lipinski definition) is 2. The minimum atomic E-state index is -0.464. The van der Waals surface area contributed by atoms with Gasteiger partial charge in [-0.15, -0.1) is 0 Å². The second-order valence-electron chi connectivity index (χ2n) is 5.55. The zero-order valence-electron chi connectivity index (χ0n) is 13.3. The van der Waals surface area contributed by atoms with Gasteiger partial charge in [0.1, 0.15) is 11.5 Å². The summed E-state index contributed by atoms with van der Waals surface area (Å²) < 4.78 is 1.92. The lowest BCUT2D eigenvalue weighted by Gasteiger charge is -2.09. The van der Waals surface area contributed by atoms with Crippen LogP contribution in [0.25, 0.3) is 16.9 Å². The van der Waals surface area contributed by atoms with Crippen LogP contribution in [0.3, 0.4) is 0 Å². The SMILES string of the molecule is NC(=O)c1cccc(Nc2c(-c3ccccc3)nc3cnccn23)c1. The molecule has 0 fully saturated rings. The quantitative estimate of drug-likeness (QED) is 0.602. The van der Waals surface area contributed by atoms with Crippen molar-refractivity contribution >= 4 is 23.1 Å². The smallest absolute Gasteiger partial charge is 0.248 e. The van der Waals surface area contributed by atoms with Crippen LogP contribution in [0.1, 0.15) is 10.4 Å². The van der Waals surface area contributed by atoms with E-state index < -0.39 is 5.91 Å². The molecule has 0 saturated carbocycles. The molecule has 0 saturated heterocycles. The van der Waals surface area contributed by atoms with Crippen LogP contribution >= 0.6 is 0 Å². The van der Waals surface area contributed by atoms with Crippen molar-refractivity contribution in [1.82, 2.24) is 14.4 Å². The molecule has 0 bridgehead atoms. The van der Waals surface area contributed by atoms with Gasteiger partial charge in [0.15, 0.2) is 5.65 Å². The molecule has 6 nitrogen and oxygen atoms in total. The molecule has 25 heavy (non-hydrogen) atoms. The summed E-state index contributed by atoms with van der Waals surface area (Å²) in [5.41, 5.74) is 9.10. The lowest BCUT2D eigenvalue weighted by Crippen LogP contribution is -2.11. The fourth-order valence-electron chi connectivity index (χ4n) is 2.71. The maximum atomic E-state index is 11.4. The van der Waals surface area contributed by atoms with Gasteiger partial charge in [-0.1, -0.05) is 36.4 Å². The van der Waals surface area contributed by atoms with Gasteiger partial charge in [0.25, 0.3) is 0 Å². The van der Waals surface area contributed by atoms with Gasteiger partial charge in [-0.3, -0.25) is 14.2 Å². The van der Waals surface area contributed by atoms with Gasteiger partial charge in [0, 0.05) is 29.2 Å². The molecule has 0 radical (unpaired) electrons. The number of anilines is 2. The summed E-state index contributed by atoms with van der Waals surface area (Å²) in [4.78, 5) is 20.2. The number of rotatable bonds is 4. The summed E-state index contributed by atoms with van der Waals surface area (Å²) in [6.07, 6.45) is 5.25. The highest BCUT2D eigenvalue weighted by atomic mass is 16.1. The largest absolute Gasteiger partial charge is 0.366 e. The summed E-state index contributed by atoms with van der Waals surface area (Å²) in [5.74, 6) is 0.333. The van der Waals surface area contributed by atoms with E-state index in [1.54, 1.807) is 30.6 Å². The van der Waals surface area contributed by atoms with Crippen molar-refractivity contribution in [2.24, 2.45) is 5.73 Å². The molecule has 4 aromatic rings. The molecule has 0 unspecified atom stereocenters. The van der Waals surface area contributed by atoms with Crippen LogP contribution in [0, 0.1) is 0 Å². The van der Waals surface area contributed by atoms with E-state index in [1.165, 1.54) is 0 Å². The van der Waals surface area contributed by atoms with Crippen molar-refractivity contribution in [2.45, 2.75) is 0 Å². The van der Waals surface area contributed by atoms with E-state index in [4.69, 9.17) is 5.73 Å². The van der Waals surface area contributed by atoms with Crippen LogP contribution in [-0.2, 0) is 0 Å². The van der Waals surface area contributed by atoms with Crippen molar-refractivity contribution in [1.29, 1.82) is 0 Å². The zero-order chi connectivity index (χ0) is 17.2. The van der Waals surface area contributed by atoms with Gasteiger partial charge in [0.2, 0.25) is 5.91 Å². The van der Waals surface area contributed by atoms with E-state index in [2.05, 4.69) is 15.3 Å². The molecular formula is C19H15N5O. The highest BCUT2D eigenvalue weighted by Crippen LogP contribution is 2.30. The average molecular weight is 329 g/mol. The van der Waals surface area contributed by atoms with Gasteiger partial charge >= 0.3 is 0 Å². The highest BCUT2D eigenvalue weighted by Gasteiger charge is 2.14. The topological polar surface area (TPSA) is 85.3 Å². The van der Waals surface area contributed by atoms with E-state index in [9.17, 15) is 4.79 Å². The third kappa shape index (κ3) is 2.81. The molecular weight excluding hydrogens is 314 g/mol. The standard InChI is InChI=1S/C19H15N5O/c20-18(25)14-7-4-8-15(11-14)22-19-17(13-5-2-1-3-6-13)23-16-12-21-9-10-24(16)19/h1-12,22H,(H2,20,25). The predicted molar refractivity (Wildman–Crippen MR) is 96.7 cm³/mol. The molecule has 6 heteroatoms. The van der Waals surface area contributed by atoms with Crippen molar-refractivity contribution in [2.75, 3.05) is 5.32 Å². The number of nitrogens with zero attached hydrogens (tertiary/aromatic N) is 3. The van der Waals surface area contributed by atoms with Crippen molar-refractivity contribution in [3.63, 3.8) is 0 Å². The molecule has 0 spiro atoms. The number of carbonyl (C=O) groups is 1. The molecule has 2 aromatic heterocycles. The van der Waals surface area contributed by atoms with Crippen molar-refractivity contribution in [3.8, 4) is 11.3 Å². The van der Waals surface area contributed by atoms with Gasteiger partial charge in [-0.2, -0.15) is 0 Å². The molecule has 1 amide bonds. The first-order chi connectivity index (χ1) is 12.2. The number of carbonyl (C=O) groups excluding carboxylic acids is 1. The second-order valence-corrected chi connectivity index (χ2v) is 5.55. The van der Waals surface area contributed by atoms with E-state index in [-0.39, 0.29) is 0 Å². The van der Waals surface area contributed by atoms with Gasteiger partial charge in [-0.25, -0.2) is 4.98 Å². The minimum Gasteiger partial charge on any atom is -0.366 e. The molecule has 0 atom stereocenters. The lowest BCUT2D eigenvalue weighted by molar-refractivity contribution is 0.100. The Morgan fingerprint density at radius 2 is 1.92 bits per heavy atom. The monoisotopic (exact) mass is 329 g/mol. The molecule has 2 heterocycles. The summed E-state index contributed by atoms with van der Waals surface area (Å²) in [7, 11) is 0. The Labute approximate surface area is 144 Å². The summed E-state index contributed by atoms with van der Waals surface area (Å²) >= 11 is 0. The van der Waals surface area contributed by atoms with Crippen LogP contribution < -0.4 is 11.1 Å². The molecule has 3 N–H and O–H groups in total. The van der Waals surface area contributed by atoms with Crippen molar-refractivity contribution < 1.29 is 4.79 Å². The molecule has 4 rings (SSSR count). The number of fused-ring (bicyclic) bond motifs is 1. The Kier molecular flexibility index (Phi) is 3.63. The van der Waals surface area contributed by atoms with Crippen molar-refractivity contribution in [3.05, 3.63) is 78.8 Å². The normalized spacial score (nSPS) is 10.7. The van der Waals surface area contributed by atoms with Gasteiger partial charge in [0.05, 0.1) is 6.20 Å². The first-order valence-electron chi connectivity index (χ1n) is 7.77. The van der Waals surface area contributed by atoms with Crippen LogP contribution in [0.15, 0.2) is 73.2 Å². The van der Waals surface area contributed by atoms with Crippen LogP contribution in [0.2, 0.25) is 0 Å². The third-order valence-corrected chi connectivity index (χ3v) is 3.89.